The third-order valence-corrected chi connectivity index (χ3v) is 2.87. The summed E-state index contributed by atoms with van der Waals surface area (Å²) in [6.07, 6.45) is 2.59. The molecule has 0 amide bonds. The molecule has 0 aliphatic rings. The van der Waals surface area contributed by atoms with Crippen molar-refractivity contribution in [1.29, 1.82) is 0 Å². The largest absolute Gasteiger partial charge is 0.312 e. The van der Waals surface area contributed by atoms with Crippen LogP contribution < -0.4 is 5.32 Å². The first-order valence-corrected chi connectivity index (χ1v) is 6.74. The van der Waals surface area contributed by atoms with Gasteiger partial charge in [-0.25, -0.2) is 9.67 Å². The minimum absolute atomic E-state index is 0.156. The summed E-state index contributed by atoms with van der Waals surface area (Å²) >= 11 is 0. The van der Waals surface area contributed by atoms with Crippen molar-refractivity contribution >= 4 is 0 Å². The highest BCUT2D eigenvalue weighted by Crippen LogP contribution is 2.22. The lowest BCUT2D eigenvalue weighted by Crippen LogP contribution is -2.42. The van der Waals surface area contributed by atoms with E-state index in [9.17, 15) is 0 Å². The molecule has 1 heterocycles. The van der Waals surface area contributed by atoms with Crippen LogP contribution in [0, 0.1) is 5.41 Å². The summed E-state index contributed by atoms with van der Waals surface area (Å²) in [4.78, 5) is 4.39. The van der Waals surface area contributed by atoms with E-state index in [0.717, 1.165) is 18.8 Å². The SMILES string of the molecule is CC(C)n1ncnc1CC(C)(C)CNC(C)(C)C. The van der Waals surface area contributed by atoms with E-state index in [1.54, 1.807) is 6.33 Å². The molecule has 0 aliphatic heterocycles. The predicted octanol–water partition coefficient (Wildman–Crippen LogP) is 2.82. The molecule has 0 fully saturated rings. The molecule has 1 aromatic heterocycles. The molecule has 1 aromatic rings. The quantitative estimate of drug-likeness (QED) is 0.876. The molecule has 0 saturated carbocycles. The van der Waals surface area contributed by atoms with Crippen molar-refractivity contribution < 1.29 is 0 Å². The maximum absolute atomic E-state index is 4.39. The third kappa shape index (κ3) is 4.77. The van der Waals surface area contributed by atoms with Gasteiger partial charge in [0.05, 0.1) is 0 Å². The highest BCUT2D eigenvalue weighted by Gasteiger charge is 2.24. The first-order valence-electron chi connectivity index (χ1n) is 6.74. The summed E-state index contributed by atoms with van der Waals surface area (Å²) in [7, 11) is 0. The van der Waals surface area contributed by atoms with Gasteiger partial charge in [0, 0.05) is 24.5 Å². The Bertz CT molecular complexity index is 371. The molecule has 18 heavy (non-hydrogen) atoms. The van der Waals surface area contributed by atoms with Crippen molar-refractivity contribution in [3.05, 3.63) is 12.2 Å². The standard InChI is InChI=1S/C14H28N4/c1-11(2)18-12(15-10-17-18)8-14(6,7)9-16-13(3,4)5/h10-11,16H,8-9H2,1-7H3. The van der Waals surface area contributed by atoms with E-state index in [0.29, 0.717) is 6.04 Å². The Morgan fingerprint density at radius 3 is 2.33 bits per heavy atom. The number of hydrogen-bond donors (Lipinski definition) is 1. The minimum Gasteiger partial charge on any atom is -0.312 e. The van der Waals surface area contributed by atoms with Crippen LogP contribution in [0.5, 0.6) is 0 Å². The number of hydrogen-bond acceptors (Lipinski definition) is 3. The second kappa shape index (κ2) is 5.39. The van der Waals surface area contributed by atoms with Gasteiger partial charge in [-0.15, -0.1) is 0 Å². The fourth-order valence-electron chi connectivity index (χ4n) is 1.83. The van der Waals surface area contributed by atoms with E-state index in [4.69, 9.17) is 0 Å². The number of nitrogens with one attached hydrogen (secondary N) is 1. The molecule has 0 spiro atoms. The molecular formula is C14H28N4. The van der Waals surface area contributed by atoms with Crippen LogP contribution in [0.15, 0.2) is 6.33 Å². The third-order valence-electron chi connectivity index (χ3n) is 2.87. The van der Waals surface area contributed by atoms with Crippen molar-refractivity contribution in [2.45, 2.75) is 66.5 Å². The molecule has 0 unspecified atom stereocenters. The molecule has 4 heteroatoms. The summed E-state index contributed by atoms with van der Waals surface area (Å²) in [5.41, 5.74) is 0.329. The van der Waals surface area contributed by atoms with E-state index in [-0.39, 0.29) is 11.0 Å². The van der Waals surface area contributed by atoms with Gasteiger partial charge in [-0.05, 0) is 40.0 Å². The second-order valence-corrected chi connectivity index (χ2v) is 7.16. The summed E-state index contributed by atoms with van der Waals surface area (Å²) in [6.45, 7) is 16.4. The van der Waals surface area contributed by atoms with E-state index >= 15 is 0 Å². The number of aromatic nitrogens is 3. The smallest absolute Gasteiger partial charge is 0.138 e. The van der Waals surface area contributed by atoms with Crippen molar-refractivity contribution in [3.8, 4) is 0 Å². The van der Waals surface area contributed by atoms with Crippen LogP contribution >= 0.6 is 0 Å². The molecule has 0 aromatic carbocycles. The summed E-state index contributed by atoms with van der Waals surface area (Å²) < 4.78 is 2.01. The van der Waals surface area contributed by atoms with E-state index < -0.39 is 0 Å². The van der Waals surface area contributed by atoms with Gasteiger partial charge in [-0.1, -0.05) is 13.8 Å². The second-order valence-electron chi connectivity index (χ2n) is 7.16. The van der Waals surface area contributed by atoms with Crippen molar-refractivity contribution in [3.63, 3.8) is 0 Å². The van der Waals surface area contributed by atoms with Gasteiger partial charge in [-0.2, -0.15) is 5.10 Å². The topological polar surface area (TPSA) is 42.7 Å². The normalized spacial score (nSPS) is 13.3. The highest BCUT2D eigenvalue weighted by molar-refractivity contribution is 4.93. The average Bonchev–Trinajstić information content (AvgIpc) is 2.61. The lowest BCUT2D eigenvalue weighted by molar-refractivity contribution is 0.279. The Hall–Kier alpha value is -0.900. The maximum Gasteiger partial charge on any atom is 0.138 e. The average molecular weight is 252 g/mol. The monoisotopic (exact) mass is 252 g/mol. The number of nitrogens with zero attached hydrogens (tertiary/aromatic N) is 3. The maximum atomic E-state index is 4.39. The van der Waals surface area contributed by atoms with E-state index in [1.807, 2.05) is 4.68 Å². The fraction of sp³-hybridized carbons (Fsp3) is 0.857. The van der Waals surface area contributed by atoms with Crippen LogP contribution in [-0.4, -0.2) is 26.8 Å². The van der Waals surface area contributed by atoms with Crippen LogP contribution in [0.2, 0.25) is 0 Å². The van der Waals surface area contributed by atoms with Crippen LogP contribution in [-0.2, 0) is 6.42 Å². The lowest BCUT2D eigenvalue weighted by atomic mass is 9.88. The molecule has 104 valence electrons. The van der Waals surface area contributed by atoms with Gasteiger partial charge in [0.25, 0.3) is 0 Å². The van der Waals surface area contributed by atoms with Crippen molar-refractivity contribution in [2.24, 2.45) is 5.41 Å². The summed E-state index contributed by atoms with van der Waals surface area (Å²) in [5, 5.41) is 7.86. The molecule has 0 bridgehead atoms. The first kappa shape index (κ1) is 15.2. The van der Waals surface area contributed by atoms with Gasteiger partial charge in [0.2, 0.25) is 0 Å². The summed E-state index contributed by atoms with van der Waals surface area (Å²) in [6, 6.07) is 0.369. The van der Waals surface area contributed by atoms with Gasteiger partial charge >= 0.3 is 0 Å². The van der Waals surface area contributed by atoms with Gasteiger partial charge < -0.3 is 5.32 Å². The Labute approximate surface area is 111 Å². The first-order chi connectivity index (χ1) is 8.11. The molecule has 0 radical (unpaired) electrons. The molecular weight excluding hydrogens is 224 g/mol. The molecule has 4 nitrogen and oxygen atoms in total. The van der Waals surface area contributed by atoms with Crippen molar-refractivity contribution in [1.82, 2.24) is 20.1 Å². The predicted molar refractivity (Wildman–Crippen MR) is 75.6 cm³/mol. The zero-order valence-corrected chi connectivity index (χ0v) is 12.9. The van der Waals surface area contributed by atoms with Crippen LogP contribution in [0.25, 0.3) is 0 Å². The number of rotatable bonds is 5. The molecule has 1 rings (SSSR count). The summed E-state index contributed by atoms with van der Waals surface area (Å²) in [5.74, 6) is 1.07. The zero-order chi connectivity index (χ0) is 14.0. The molecule has 0 atom stereocenters. The Balaban J connectivity index is 2.67. The van der Waals surface area contributed by atoms with E-state index in [1.165, 1.54) is 0 Å². The fourth-order valence-corrected chi connectivity index (χ4v) is 1.83. The Morgan fingerprint density at radius 1 is 1.22 bits per heavy atom. The van der Waals surface area contributed by atoms with Gasteiger partial charge in [-0.3, -0.25) is 0 Å². The highest BCUT2D eigenvalue weighted by atomic mass is 15.3. The molecule has 1 N–H and O–H groups in total. The van der Waals surface area contributed by atoms with Crippen LogP contribution in [0.3, 0.4) is 0 Å². The minimum atomic E-state index is 0.156. The zero-order valence-electron chi connectivity index (χ0n) is 12.9. The lowest BCUT2D eigenvalue weighted by Gasteiger charge is -2.30. The van der Waals surface area contributed by atoms with Crippen LogP contribution in [0.4, 0.5) is 0 Å². The Morgan fingerprint density at radius 2 is 1.83 bits per heavy atom. The Kier molecular flexibility index (Phi) is 4.54. The van der Waals surface area contributed by atoms with E-state index in [2.05, 4.69) is 63.9 Å². The molecule has 0 saturated heterocycles. The molecule has 0 aliphatic carbocycles. The van der Waals surface area contributed by atoms with Gasteiger partial charge in [0.1, 0.15) is 12.2 Å². The van der Waals surface area contributed by atoms with Gasteiger partial charge in [0.15, 0.2) is 0 Å². The van der Waals surface area contributed by atoms with Crippen molar-refractivity contribution in [2.75, 3.05) is 6.54 Å². The van der Waals surface area contributed by atoms with Crippen LogP contribution in [0.1, 0.15) is 60.3 Å².